The first-order valence-electron chi connectivity index (χ1n) is 12.9. The quantitative estimate of drug-likeness (QED) is 0.0595. The van der Waals surface area contributed by atoms with Gasteiger partial charge in [-0.05, 0) is 42.5 Å². The molecule has 0 saturated carbocycles. The molecule has 5 rings (SSSR count). The van der Waals surface area contributed by atoms with Crippen LogP contribution < -0.4 is 14.4 Å². The van der Waals surface area contributed by atoms with Gasteiger partial charge in [0, 0.05) is 23.8 Å². The monoisotopic (exact) mass is 665 g/mol. The van der Waals surface area contributed by atoms with E-state index in [-0.39, 0.29) is 55.4 Å². The molecule has 0 atom stereocenters. The van der Waals surface area contributed by atoms with Crippen LogP contribution >= 0.6 is 23.2 Å². The number of fused-ring (bicyclic) bond motifs is 1. The molecule has 16 heteroatoms. The highest BCUT2D eigenvalue weighted by Crippen LogP contribution is 2.40. The summed E-state index contributed by atoms with van der Waals surface area (Å²) < 4.78 is 16.0. The molecular formula is C30H17Cl2N3O11. The fourth-order valence-electron chi connectivity index (χ4n) is 4.54. The second-order valence-corrected chi connectivity index (χ2v) is 10.2. The van der Waals surface area contributed by atoms with Crippen LogP contribution in [0.1, 0.15) is 41.4 Å². The fourth-order valence-corrected chi connectivity index (χ4v) is 5.00. The van der Waals surface area contributed by atoms with Crippen LogP contribution in [0, 0.1) is 20.2 Å². The maximum atomic E-state index is 13.1. The Balaban J connectivity index is 1.30. The Morgan fingerprint density at radius 3 is 2.15 bits per heavy atom. The average Bonchev–Trinajstić information content (AvgIpc) is 3.29. The van der Waals surface area contributed by atoms with Crippen LogP contribution in [0.2, 0.25) is 10.0 Å². The van der Waals surface area contributed by atoms with Crippen molar-refractivity contribution in [1.82, 2.24) is 0 Å². The number of ether oxygens (including phenoxy) is 3. The lowest BCUT2D eigenvalue weighted by Gasteiger charge is -2.18. The van der Waals surface area contributed by atoms with Gasteiger partial charge in [0.1, 0.15) is 22.6 Å². The van der Waals surface area contributed by atoms with Crippen molar-refractivity contribution >= 4 is 63.8 Å². The van der Waals surface area contributed by atoms with Gasteiger partial charge in [-0.1, -0.05) is 35.3 Å². The van der Waals surface area contributed by atoms with Gasteiger partial charge in [-0.3, -0.25) is 34.6 Å². The van der Waals surface area contributed by atoms with Gasteiger partial charge in [-0.2, -0.15) is 0 Å². The number of rotatable bonds is 10. The third-order valence-corrected chi connectivity index (χ3v) is 7.29. The van der Waals surface area contributed by atoms with E-state index >= 15 is 0 Å². The van der Waals surface area contributed by atoms with Gasteiger partial charge in [0.05, 0.1) is 38.3 Å². The van der Waals surface area contributed by atoms with Crippen LogP contribution in [0.5, 0.6) is 17.2 Å². The van der Waals surface area contributed by atoms with E-state index in [4.69, 9.17) is 37.4 Å². The van der Waals surface area contributed by atoms with E-state index in [1.807, 2.05) is 0 Å². The number of carbonyl (C=O) groups excluding carboxylic acids is 4. The lowest BCUT2D eigenvalue weighted by Crippen LogP contribution is -2.30. The van der Waals surface area contributed by atoms with Gasteiger partial charge in [0.2, 0.25) is 5.75 Å². The fraction of sp³-hybridized carbons (Fsp3) is 0.0667. The number of Topliss-reactive ketones (excluding diaryl/α,β-unsaturated/α-hetero) is 1. The minimum absolute atomic E-state index is 0.0116. The van der Waals surface area contributed by atoms with Crippen molar-refractivity contribution in [3.8, 4) is 17.2 Å². The maximum absolute atomic E-state index is 13.1. The third kappa shape index (κ3) is 5.81. The first kappa shape index (κ1) is 31.6. The Bertz CT molecular complexity index is 1980. The maximum Gasteiger partial charge on any atom is 0.342 e. The van der Waals surface area contributed by atoms with Crippen molar-refractivity contribution in [3.63, 3.8) is 0 Å². The number of imide groups is 1. The first-order chi connectivity index (χ1) is 21.9. The molecule has 0 spiro atoms. The molecule has 1 aliphatic rings. The Morgan fingerprint density at radius 2 is 1.50 bits per heavy atom. The highest BCUT2D eigenvalue weighted by Gasteiger charge is 2.43. The van der Waals surface area contributed by atoms with Crippen molar-refractivity contribution < 1.29 is 43.2 Å². The molecule has 0 aromatic heterocycles. The van der Waals surface area contributed by atoms with Crippen molar-refractivity contribution in [2.45, 2.75) is 0 Å². The minimum atomic E-state index is -1.03. The van der Waals surface area contributed by atoms with Crippen LogP contribution in [0.15, 0.2) is 72.8 Å². The van der Waals surface area contributed by atoms with E-state index in [1.165, 1.54) is 61.7 Å². The standard InChI is InChI=1S/C30H17Cl2N3O11/c1-44-25-13-23(33-28(37)17-4-2-6-21(34(40)41)26(17)29(33)38)20(32)12-18(25)30(39)45-14-24(36)15-8-10-16(11-9-15)46-27-19(31)5-3-7-22(27)35(42)43/h2-13H,14H2,1H3. The van der Waals surface area contributed by atoms with E-state index < -0.39 is 51.3 Å². The molecule has 0 unspecified atom stereocenters. The topological polar surface area (TPSA) is 185 Å². The Morgan fingerprint density at radius 1 is 0.848 bits per heavy atom. The second kappa shape index (κ2) is 12.6. The molecule has 0 saturated heterocycles. The molecule has 2 amide bonds. The number of halogens is 2. The molecule has 232 valence electrons. The Kier molecular flexibility index (Phi) is 8.67. The van der Waals surface area contributed by atoms with Crippen molar-refractivity contribution in [2.24, 2.45) is 0 Å². The zero-order valence-electron chi connectivity index (χ0n) is 23.2. The number of amides is 2. The molecule has 0 bridgehead atoms. The van der Waals surface area contributed by atoms with Gasteiger partial charge in [0.15, 0.2) is 12.4 Å². The van der Waals surface area contributed by atoms with Crippen LogP contribution in [0.25, 0.3) is 0 Å². The van der Waals surface area contributed by atoms with Crippen LogP contribution in [-0.4, -0.2) is 47.1 Å². The lowest BCUT2D eigenvalue weighted by molar-refractivity contribution is -0.385. The largest absolute Gasteiger partial charge is 0.496 e. The summed E-state index contributed by atoms with van der Waals surface area (Å²) in [6.07, 6.45) is 0. The number of esters is 1. The number of hydrogen-bond acceptors (Lipinski definition) is 11. The Labute approximate surface area is 267 Å². The molecule has 0 N–H and O–H groups in total. The SMILES string of the molecule is COc1cc(N2C(=O)c3cccc([N+](=O)[O-])c3C2=O)c(Cl)cc1C(=O)OCC(=O)c1ccc(Oc2c(Cl)cccc2[N+](=O)[O-])cc1. The van der Waals surface area contributed by atoms with Crippen molar-refractivity contribution in [1.29, 1.82) is 0 Å². The van der Waals surface area contributed by atoms with Crippen molar-refractivity contribution in [3.05, 3.63) is 125 Å². The predicted molar refractivity (Wildman–Crippen MR) is 161 cm³/mol. The number of benzene rings is 4. The molecule has 14 nitrogen and oxygen atoms in total. The van der Waals surface area contributed by atoms with Crippen LogP contribution in [0.3, 0.4) is 0 Å². The van der Waals surface area contributed by atoms with Crippen LogP contribution in [-0.2, 0) is 4.74 Å². The van der Waals surface area contributed by atoms with Gasteiger partial charge < -0.3 is 14.2 Å². The summed E-state index contributed by atoms with van der Waals surface area (Å²) in [5, 5.41) is 22.5. The molecule has 0 radical (unpaired) electrons. The number of nitro benzene ring substituents is 2. The summed E-state index contributed by atoms with van der Waals surface area (Å²) in [4.78, 5) is 73.8. The highest BCUT2D eigenvalue weighted by atomic mass is 35.5. The summed E-state index contributed by atoms with van der Waals surface area (Å²) in [5.41, 5.74) is -1.82. The summed E-state index contributed by atoms with van der Waals surface area (Å²) in [7, 11) is 1.20. The molecule has 1 aliphatic heterocycles. The first-order valence-corrected chi connectivity index (χ1v) is 13.6. The van der Waals surface area contributed by atoms with Crippen molar-refractivity contribution in [2.75, 3.05) is 18.6 Å². The highest BCUT2D eigenvalue weighted by molar-refractivity contribution is 6.40. The predicted octanol–water partition coefficient (Wildman–Crippen LogP) is 6.45. The molecular weight excluding hydrogens is 649 g/mol. The molecule has 1 heterocycles. The normalized spacial score (nSPS) is 12.0. The van der Waals surface area contributed by atoms with E-state index in [0.717, 1.165) is 18.2 Å². The van der Waals surface area contributed by atoms with E-state index in [1.54, 1.807) is 0 Å². The summed E-state index contributed by atoms with van der Waals surface area (Å²) in [6.45, 7) is -0.709. The Hall–Kier alpha value is -5.86. The summed E-state index contributed by atoms with van der Waals surface area (Å²) >= 11 is 12.4. The number of nitro groups is 2. The third-order valence-electron chi connectivity index (χ3n) is 6.69. The average molecular weight is 666 g/mol. The van der Waals surface area contributed by atoms with E-state index in [9.17, 15) is 39.4 Å². The number of hydrogen-bond donors (Lipinski definition) is 0. The lowest BCUT2D eigenvalue weighted by atomic mass is 10.1. The number of methoxy groups -OCH3 is 1. The number of anilines is 1. The van der Waals surface area contributed by atoms with E-state index in [0.29, 0.717) is 4.90 Å². The van der Waals surface area contributed by atoms with Gasteiger partial charge >= 0.3 is 11.7 Å². The zero-order valence-corrected chi connectivity index (χ0v) is 24.7. The van der Waals surface area contributed by atoms with E-state index in [2.05, 4.69) is 0 Å². The number of carbonyl (C=O) groups is 4. The number of nitrogens with zero attached hydrogens (tertiary/aromatic N) is 3. The van der Waals surface area contributed by atoms with Crippen LogP contribution in [0.4, 0.5) is 17.1 Å². The number of para-hydroxylation sites is 1. The summed E-state index contributed by atoms with van der Waals surface area (Å²) in [5.74, 6) is -3.69. The summed E-state index contributed by atoms with van der Waals surface area (Å²) in [6, 6.07) is 15.3. The van der Waals surface area contributed by atoms with Gasteiger partial charge in [-0.15, -0.1) is 0 Å². The smallest absolute Gasteiger partial charge is 0.342 e. The van der Waals surface area contributed by atoms with Gasteiger partial charge in [0.25, 0.3) is 17.5 Å². The zero-order chi connectivity index (χ0) is 33.3. The molecule has 0 fully saturated rings. The second-order valence-electron chi connectivity index (χ2n) is 9.38. The molecule has 46 heavy (non-hydrogen) atoms. The molecule has 4 aromatic rings. The molecule has 4 aromatic carbocycles. The van der Waals surface area contributed by atoms with Gasteiger partial charge in [-0.25, -0.2) is 9.69 Å². The molecule has 0 aliphatic carbocycles. The minimum Gasteiger partial charge on any atom is -0.496 e. The number of ketones is 1.